The molecule has 0 fully saturated rings. The van der Waals surface area contributed by atoms with Gasteiger partial charge in [0.1, 0.15) is 0 Å². The van der Waals surface area contributed by atoms with Gasteiger partial charge in [-0.1, -0.05) is 18.2 Å². The molecule has 0 spiro atoms. The van der Waals surface area contributed by atoms with Crippen LogP contribution in [-0.4, -0.2) is 22.5 Å². The first-order chi connectivity index (χ1) is 9.46. The van der Waals surface area contributed by atoms with Crippen LogP contribution < -0.4 is 15.4 Å². The quantitative estimate of drug-likeness (QED) is 0.846. The van der Waals surface area contributed by atoms with E-state index in [2.05, 4.69) is 5.32 Å². The maximum atomic E-state index is 12.5. The van der Waals surface area contributed by atoms with Crippen molar-refractivity contribution in [1.29, 1.82) is 0 Å². The van der Waals surface area contributed by atoms with Gasteiger partial charge in [0.15, 0.2) is 0 Å². The molecule has 0 bridgehead atoms. The van der Waals surface area contributed by atoms with Crippen molar-refractivity contribution in [1.82, 2.24) is 0 Å². The van der Waals surface area contributed by atoms with Crippen LogP contribution in [0.5, 0.6) is 0 Å². The van der Waals surface area contributed by atoms with Crippen molar-refractivity contribution >= 4 is 27.1 Å². The molecule has 0 aliphatic heterocycles. The van der Waals surface area contributed by atoms with Crippen molar-refractivity contribution in [3.05, 3.63) is 48.5 Å². The van der Waals surface area contributed by atoms with Gasteiger partial charge in [0.25, 0.3) is 10.0 Å². The maximum Gasteiger partial charge on any atom is 0.264 e. The first-order valence-corrected chi connectivity index (χ1v) is 7.52. The summed E-state index contributed by atoms with van der Waals surface area (Å²) >= 11 is 0. The Hall–Kier alpha value is -2.21. The molecule has 106 valence electrons. The van der Waals surface area contributed by atoms with Crippen LogP contribution in [0.3, 0.4) is 0 Å². The normalized spacial score (nSPS) is 11.1. The molecule has 0 aliphatic rings. The molecule has 20 heavy (non-hydrogen) atoms. The molecule has 2 rings (SSSR count). The smallest absolute Gasteiger partial charge is 0.264 e. The summed E-state index contributed by atoms with van der Waals surface area (Å²) in [6.45, 7) is 0. The van der Waals surface area contributed by atoms with E-state index in [0.717, 1.165) is 0 Å². The average Bonchev–Trinajstić information content (AvgIpc) is 2.47. The SMILES string of the molecule is CNc1ccc(S(=O)(=O)N(C)c2ccccc2)cc1N. The number of benzene rings is 2. The van der Waals surface area contributed by atoms with Gasteiger partial charge in [-0.15, -0.1) is 0 Å². The number of hydrogen-bond donors (Lipinski definition) is 2. The van der Waals surface area contributed by atoms with Crippen LogP contribution in [0.2, 0.25) is 0 Å². The molecule has 0 radical (unpaired) electrons. The summed E-state index contributed by atoms with van der Waals surface area (Å²) in [6, 6.07) is 13.5. The van der Waals surface area contributed by atoms with E-state index in [-0.39, 0.29) is 4.90 Å². The highest BCUT2D eigenvalue weighted by Crippen LogP contribution is 2.26. The first-order valence-electron chi connectivity index (χ1n) is 6.08. The number of nitrogens with two attached hydrogens (primary N) is 1. The third-order valence-electron chi connectivity index (χ3n) is 3.07. The van der Waals surface area contributed by atoms with Gasteiger partial charge in [0.05, 0.1) is 22.0 Å². The molecule has 0 aromatic heterocycles. The van der Waals surface area contributed by atoms with Gasteiger partial charge < -0.3 is 11.1 Å². The number of nitrogen functional groups attached to an aromatic ring is 1. The lowest BCUT2D eigenvalue weighted by Crippen LogP contribution is -2.26. The van der Waals surface area contributed by atoms with Gasteiger partial charge in [0, 0.05) is 14.1 Å². The summed E-state index contributed by atoms with van der Waals surface area (Å²) in [7, 11) is -0.361. The Morgan fingerprint density at radius 2 is 1.75 bits per heavy atom. The van der Waals surface area contributed by atoms with Crippen LogP contribution in [0, 0.1) is 0 Å². The number of rotatable bonds is 4. The number of hydrogen-bond acceptors (Lipinski definition) is 4. The van der Waals surface area contributed by atoms with E-state index >= 15 is 0 Å². The highest BCUT2D eigenvalue weighted by molar-refractivity contribution is 7.92. The summed E-state index contributed by atoms with van der Waals surface area (Å²) in [5.74, 6) is 0. The van der Waals surface area contributed by atoms with Gasteiger partial charge >= 0.3 is 0 Å². The van der Waals surface area contributed by atoms with Crippen LogP contribution in [0.4, 0.5) is 17.1 Å². The molecule has 0 aliphatic carbocycles. The van der Waals surface area contributed by atoms with E-state index in [1.54, 1.807) is 37.4 Å². The van der Waals surface area contributed by atoms with Crippen LogP contribution in [0.15, 0.2) is 53.4 Å². The van der Waals surface area contributed by atoms with Gasteiger partial charge in [-0.25, -0.2) is 8.42 Å². The topological polar surface area (TPSA) is 75.4 Å². The Kier molecular flexibility index (Phi) is 3.85. The van der Waals surface area contributed by atoms with E-state index in [0.29, 0.717) is 17.1 Å². The van der Waals surface area contributed by atoms with Crippen LogP contribution in [-0.2, 0) is 10.0 Å². The zero-order valence-electron chi connectivity index (χ0n) is 11.4. The van der Waals surface area contributed by atoms with Crippen molar-refractivity contribution < 1.29 is 8.42 Å². The monoisotopic (exact) mass is 291 g/mol. The van der Waals surface area contributed by atoms with E-state index in [9.17, 15) is 8.42 Å². The highest BCUT2D eigenvalue weighted by Gasteiger charge is 2.21. The Bertz CT molecular complexity index is 700. The number of anilines is 3. The fourth-order valence-corrected chi connectivity index (χ4v) is 3.10. The van der Waals surface area contributed by atoms with Crippen molar-refractivity contribution in [3.63, 3.8) is 0 Å². The lowest BCUT2D eigenvalue weighted by atomic mass is 10.3. The lowest BCUT2D eigenvalue weighted by Gasteiger charge is -2.20. The molecule has 2 aromatic rings. The van der Waals surface area contributed by atoms with Gasteiger partial charge in [-0.2, -0.15) is 0 Å². The minimum atomic E-state index is -3.61. The number of sulfonamides is 1. The van der Waals surface area contributed by atoms with Crippen LogP contribution >= 0.6 is 0 Å². The third-order valence-corrected chi connectivity index (χ3v) is 4.85. The number of nitrogens with zero attached hydrogens (tertiary/aromatic N) is 1. The zero-order valence-corrected chi connectivity index (χ0v) is 12.2. The van der Waals surface area contributed by atoms with Crippen molar-refractivity contribution in [2.24, 2.45) is 0 Å². The molecule has 6 heteroatoms. The van der Waals surface area contributed by atoms with E-state index in [4.69, 9.17) is 5.73 Å². The molecule has 2 aromatic carbocycles. The summed E-state index contributed by atoms with van der Waals surface area (Å²) < 4.78 is 26.3. The van der Waals surface area contributed by atoms with Gasteiger partial charge in [0.2, 0.25) is 0 Å². The van der Waals surface area contributed by atoms with Crippen molar-refractivity contribution in [2.75, 3.05) is 29.5 Å². The summed E-state index contributed by atoms with van der Waals surface area (Å²) in [5.41, 5.74) is 7.52. The zero-order chi connectivity index (χ0) is 14.8. The minimum Gasteiger partial charge on any atom is -0.397 e. The summed E-state index contributed by atoms with van der Waals surface area (Å²) in [4.78, 5) is 0.167. The second-order valence-corrected chi connectivity index (χ2v) is 6.28. The second kappa shape index (κ2) is 5.42. The fourth-order valence-electron chi connectivity index (χ4n) is 1.86. The molecule has 0 atom stereocenters. The predicted octanol–water partition coefficient (Wildman–Crippen LogP) is 2.14. The van der Waals surface area contributed by atoms with Crippen LogP contribution in [0.1, 0.15) is 0 Å². The van der Waals surface area contributed by atoms with Gasteiger partial charge in [-0.05, 0) is 30.3 Å². The molecule has 0 saturated heterocycles. The minimum absolute atomic E-state index is 0.167. The van der Waals surface area contributed by atoms with E-state index in [1.807, 2.05) is 6.07 Å². The fraction of sp³-hybridized carbons (Fsp3) is 0.143. The van der Waals surface area contributed by atoms with Crippen molar-refractivity contribution in [3.8, 4) is 0 Å². The molecule has 5 nitrogen and oxygen atoms in total. The lowest BCUT2D eigenvalue weighted by molar-refractivity contribution is 0.594. The molecule has 0 heterocycles. The molecular weight excluding hydrogens is 274 g/mol. The van der Waals surface area contributed by atoms with Gasteiger partial charge in [-0.3, -0.25) is 4.31 Å². The Morgan fingerprint density at radius 1 is 1.10 bits per heavy atom. The number of para-hydroxylation sites is 1. The molecule has 0 amide bonds. The largest absolute Gasteiger partial charge is 0.397 e. The summed E-state index contributed by atoms with van der Waals surface area (Å²) in [5, 5.41) is 2.90. The Balaban J connectivity index is 2.43. The number of nitrogens with one attached hydrogen (secondary N) is 1. The highest BCUT2D eigenvalue weighted by atomic mass is 32.2. The molecule has 0 unspecified atom stereocenters. The predicted molar refractivity (Wildman–Crippen MR) is 82.4 cm³/mol. The second-order valence-electron chi connectivity index (χ2n) is 4.31. The van der Waals surface area contributed by atoms with E-state index < -0.39 is 10.0 Å². The Morgan fingerprint density at radius 3 is 2.30 bits per heavy atom. The van der Waals surface area contributed by atoms with Crippen LogP contribution in [0.25, 0.3) is 0 Å². The third kappa shape index (κ3) is 2.55. The summed E-state index contributed by atoms with van der Waals surface area (Å²) in [6.07, 6.45) is 0. The molecular formula is C14H17N3O2S. The maximum absolute atomic E-state index is 12.5. The molecule has 3 N–H and O–H groups in total. The van der Waals surface area contributed by atoms with E-state index in [1.165, 1.54) is 23.5 Å². The average molecular weight is 291 g/mol. The van der Waals surface area contributed by atoms with Crippen molar-refractivity contribution in [2.45, 2.75) is 4.90 Å². The Labute approximate surface area is 119 Å². The molecule has 0 saturated carbocycles. The first kappa shape index (κ1) is 14.2. The standard InChI is InChI=1S/C14H17N3O2S/c1-16-14-9-8-12(10-13(14)15)20(18,19)17(2)11-6-4-3-5-7-11/h3-10,16H,15H2,1-2H3.